The summed E-state index contributed by atoms with van der Waals surface area (Å²) in [4.78, 5) is 24.1. The van der Waals surface area contributed by atoms with Gasteiger partial charge < -0.3 is 0 Å². The van der Waals surface area contributed by atoms with E-state index in [-0.39, 0.29) is 5.41 Å². The first-order chi connectivity index (χ1) is 10.9. The number of fused-ring (bicyclic) bond motifs is 5. The van der Waals surface area contributed by atoms with Crippen LogP contribution in [0.5, 0.6) is 0 Å². The number of Topliss-reactive ketones (excluding diaryl/α,β-unsaturated/α-hetero) is 2. The molecule has 0 aliphatic heterocycles. The molecule has 0 N–H and O–H groups in total. The van der Waals surface area contributed by atoms with Gasteiger partial charge in [-0.2, -0.15) is 0 Å². The van der Waals surface area contributed by atoms with Crippen molar-refractivity contribution in [2.24, 2.45) is 40.4 Å². The number of carbonyl (C=O) groups excluding carboxylic acids is 2. The Morgan fingerprint density at radius 2 is 1.70 bits per heavy atom. The first-order valence-electron chi connectivity index (χ1n) is 9.88. The molecule has 7 atom stereocenters. The maximum absolute atomic E-state index is 12.2. The molecule has 0 saturated heterocycles. The van der Waals surface area contributed by atoms with E-state index in [0.717, 1.165) is 43.4 Å². The standard InChI is InChI=1S/C21H32O2/c1-13(22)17-6-7-18-16-5-4-14-12-15(23)8-10-20(14,2)19(16)9-11-21(17,18)3/h14,16-19H,4-12H2,1-3H3/t14-,16+,17+,18+,19+,20+,21-/m1/s1. The lowest BCUT2D eigenvalue weighted by Gasteiger charge is -2.60. The highest BCUT2D eigenvalue weighted by molar-refractivity contribution is 5.80. The Bertz CT molecular complexity index is 538. The van der Waals surface area contributed by atoms with Crippen molar-refractivity contribution in [2.75, 3.05) is 0 Å². The predicted octanol–water partition coefficient (Wildman–Crippen LogP) is 4.80. The van der Waals surface area contributed by atoms with Gasteiger partial charge in [0.2, 0.25) is 0 Å². The molecule has 4 rings (SSSR count). The van der Waals surface area contributed by atoms with Crippen LogP contribution in [0.4, 0.5) is 0 Å². The van der Waals surface area contributed by atoms with E-state index in [0.29, 0.717) is 28.8 Å². The van der Waals surface area contributed by atoms with Gasteiger partial charge in [0, 0.05) is 18.8 Å². The van der Waals surface area contributed by atoms with E-state index < -0.39 is 0 Å². The van der Waals surface area contributed by atoms with Crippen molar-refractivity contribution in [3.05, 3.63) is 0 Å². The average molecular weight is 316 g/mol. The fourth-order valence-electron chi connectivity index (χ4n) is 7.71. The van der Waals surface area contributed by atoms with Crippen molar-refractivity contribution >= 4 is 11.6 Å². The van der Waals surface area contributed by atoms with Crippen LogP contribution in [0.1, 0.15) is 78.6 Å². The summed E-state index contributed by atoms with van der Waals surface area (Å²) in [5.41, 5.74) is 0.660. The van der Waals surface area contributed by atoms with Gasteiger partial charge in [0.1, 0.15) is 11.6 Å². The van der Waals surface area contributed by atoms with Crippen molar-refractivity contribution in [2.45, 2.75) is 78.6 Å². The van der Waals surface area contributed by atoms with Crippen molar-refractivity contribution in [1.82, 2.24) is 0 Å². The maximum atomic E-state index is 12.2. The normalized spacial score (nSPS) is 52.5. The summed E-state index contributed by atoms with van der Waals surface area (Å²) in [7, 11) is 0. The van der Waals surface area contributed by atoms with Gasteiger partial charge >= 0.3 is 0 Å². The molecular formula is C21H32O2. The van der Waals surface area contributed by atoms with Crippen LogP contribution in [0, 0.1) is 40.4 Å². The van der Waals surface area contributed by atoms with Crippen molar-refractivity contribution in [1.29, 1.82) is 0 Å². The lowest BCUT2D eigenvalue weighted by molar-refractivity contribution is -0.143. The Morgan fingerprint density at radius 3 is 2.43 bits per heavy atom. The summed E-state index contributed by atoms with van der Waals surface area (Å²) in [6, 6.07) is 0. The SMILES string of the molecule is CC(=O)[C@@H]1CC[C@H]2[C@@H]3CC[C@@H]4CC(=O)CC[C@]4(C)[C@H]3CC[C@]12C. The summed E-state index contributed by atoms with van der Waals surface area (Å²) in [5, 5.41) is 0. The number of carbonyl (C=O) groups is 2. The number of rotatable bonds is 1. The average Bonchev–Trinajstić information content (AvgIpc) is 2.85. The second-order valence-corrected chi connectivity index (χ2v) is 9.68. The molecule has 0 aromatic carbocycles. The molecule has 2 nitrogen and oxygen atoms in total. The first kappa shape index (κ1) is 15.8. The fraction of sp³-hybridized carbons (Fsp3) is 0.905. The molecule has 4 aliphatic carbocycles. The summed E-state index contributed by atoms with van der Waals surface area (Å²) < 4.78 is 0. The zero-order valence-electron chi connectivity index (χ0n) is 15.1. The quantitative estimate of drug-likeness (QED) is 0.696. The van der Waals surface area contributed by atoms with E-state index in [2.05, 4.69) is 13.8 Å². The van der Waals surface area contributed by atoms with E-state index in [9.17, 15) is 9.59 Å². The predicted molar refractivity (Wildman–Crippen MR) is 90.9 cm³/mol. The topological polar surface area (TPSA) is 34.1 Å². The summed E-state index contributed by atoms with van der Waals surface area (Å²) >= 11 is 0. The summed E-state index contributed by atoms with van der Waals surface area (Å²) in [5.74, 6) is 4.25. The highest BCUT2D eigenvalue weighted by atomic mass is 16.1. The first-order valence-corrected chi connectivity index (χ1v) is 9.88. The molecule has 0 unspecified atom stereocenters. The molecule has 2 heteroatoms. The monoisotopic (exact) mass is 316 g/mol. The van der Waals surface area contributed by atoms with Crippen LogP contribution in [0.25, 0.3) is 0 Å². The largest absolute Gasteiger partial charge is 0.300 e. The molecule has 0 radical (unpaired) electrons. The second kappa shape index (κ2) is 5.17. The Balaban J connectivity index is 1.63. The van der Waals surface area contributed by atoms with Crippen LogP contribution in [0.15, 0.2) is 0 Å². The van der Waals surface area contributed by atoms with E-state index in [1.54, 1.807) is 0 Å². The highest BCUT2D eigenvalue weighted by Crippen LogP contribution is 2.67. The number of hydrogen-bond acceptors (Lipinski definition) is 2. The Hall–Kier alpha value is -0.660. The summed E-state index contributed by atoms with van der Waals surface area (Å²) in [6.07, 6.45) is 10.3. The molecule has 4 fully saturated rings. The molecule has 0 spiro atoms. The zero-order chi connectivity index (χ0) is 16.4. The molecule has 23 heavy (non-hydrogen) atoms. The van der Waals surface area contributed by atoms with Crippen LogP contribution in [0.3, 0.4) is 0 Å². The molecule has 4 saturated carbocycles. The van der Waals surface area contributed by atoms with Gasteiger partial charge in [-0.25, -0.2) is 0 Å². The molecule has 128 valence electrons. The lowest BCUT2D eigenvalue weighted by atomic mass is 9.44. The van der Waals surface area contributed by atoms with E-state index in [1.165, 1.54) is 32.1 Å². The molecule has 4 aliphatic rings. The van der Waals surface area contributed by atoms with Gasteiger partial charge in [0.05, 0.1) is 0 Å². The van der Waals surface area contributed by atoms with Gasteiger partial charge in [-0.3, -0.25) is 9.59 Å². The van der Waals surface area contributed by atoms with Crippen LogP contribution in [-0.4, -0.2) is 11.6 Å². The van der Waals surface area contributed by atoms with Gasteiger partial charge in [0.25, 0.3) is 0 Å². The lowest BCUT2D eigenvalue weighted by Crippen LogP contribution is -2.53. The van der Waals surface area contributed by atoms with Gasteiger partial charge in [-0.05, 0) is 86.4 Å². The molecular weight excluding hydrogens is 284 g/mol. The van der Waals surface area contributed by atoms with Crippen LogP contribution < -0.4 is 0 Å². The minimum atomic E-state index is 0.265. The van der Waals surface area contributed by atoms with Gasteiger partial charge in [-0.1, -0.05) is 13.8 Å². The minimum Gasteiger partial charge on any atom is -0.300 e. The Morgan fingerprint density at radius 1 is 0.957 bits per heavy atom. The molecule has 0 bridgehead atoms. The Labute approximate surface area is 140 Å². The molecule has 0 heterocycles. The van der Waals surface area contributed by atoms with Gasteiger partial charge in [-0.15, -0.1) is 0 Å². The summed E-state index contributed by atoms with van der Waals surface area (Å²) in [6.45, 7) is 6.74. The van der Waals surface area contributed by atoms with Crippen molar-refractivity contribution < 1.29 is 9.59 Å². The molecule has 0 aromatic heterocycles. The minimum absolute atomic E-state index is 0.265. The third-order valence-corrected chi connectivity index (χ3v) is 8.97. The smallest absolute Gasteiger partial charge is 0.133 e. The van der Waals surface area contributed by atoms with E-state index in [1.807, 2.05) is 6.92 Å². The fourth-order valence-corrected chi connectivity index (χ4v) is 7.71. The van der Waals surface area contributed by atoms with E-state index >= 15 is 0 Å². The third-order valence-electron chi connectivity index (χ3n) is 8.97. The zero-order valence-corrected chi connectivity index (χ0v) is 15.1. The molecule has 0 aromatic rings. The second-order valence-electron chi connectivity index (χ2n) is 9.68. The van der Waals surface area contributed by atoms with E-state index in [4.69, 9.17) is 0 Å². The number of ketones is 2. The van der Waals surface area contributed by atoms with Crippen molar-refractivity contribution in [3.8, 4) is 0 Å². The molecule has 0 amide bonds. The van der Waals surface area contributed by atoms with Crippen molar-refractivity contribution in [3.63, 3.8) is 0 Å². The third kappa shape index (κ3) is 2.12. The highest BCUT2D eigenvalue weighted by Gasteiger charge is 2.60. The Kier molecular flexibility index (Phi) is 3.56. The maximum Gasteiger partial charge on any atom is 0.133 e. The number of hydrogen-bond donors (Lipinski definition) is 0. The van der Waals surface area contributed by atoms with Crippen LogP contribution in [0.2, 0.25) is 0 Å². The van der Waals surface area contributed by atoms with Crippen LogP contribution in [-0.2, 0) is 9.59 Å². The van der Waals surface area contributed by atoms with Gasteiger partial charge in [0.15, 0.2) is 0 Å². The van der Waals surface area contributed by atoms with Crippen LogP contribution >= 0.6 is 0 Å².